The third-order valence-electron chi connectivity index (χ3n) is 3.89. The number of nitrogens with one attached hydrogen (secondary N) is 1. The van der Waals surface area contributed by atoms with Gasteiger partial charge in [0.15, 0.2) is 5.82 Å². The fraction of sp³-hybridized carbons (Fsp3) is 0.158. The van der Waals surface area contributed by atoms with Crippen LogP contribution in [-0.2, 0) is 11.3 Å². The molecule has 1 N–H and O–H groups in total. The molecular formula is C19H17FN4O4. The summed E-state index contributed by atoms with van der Waals surface area (Å²) in [4.78, 5) is 22.5. The van der Waals surface area contributed by atoms with E-state index in [0.29, 0.717) is 5.69 Å². The summed E-state index contributed by atoms with van der Waals surface area (Å²) in [6.07, 6.45) is 1.46. The van der Waals surface area contributed by atoms with Crippen LogP contribution < -0.4 is 5.32 Å². The van der Waals surface area contributed by atoms with Crippen LogP contribution in [0.25, 0.3) is 5.69 Å². The third-order valence-corrected chi connectivity index (χ3v) is 3.89. The van der Waals surface area contributed by atoms with Gasteiger partial charge in [0, 0.05) is 24.9 Å². The van der Waals surface area contributed by atoms with Crippen LogP contribution in [0.15, 0.2) is 54.7 Å². The first-order chi connectivity index (χ1) is 13.5. The zero-order chi connectivity index (χ0) is 20.1. The maximum atomic E-state index is 13.5. The second kappa shape index (κ2) is 8.30. The lowest BCUT2D eigenvalue weighted by atomic mass is 10.2. The number of aromatic nitrogens is 2. The van der Waals surface area contributed by atoms with E-state index in [4.69, 9.17) is 4.74 Å². The lowest BCUT2D eigenvalue weighted by Gasteiger charge is -2.06. The van der Waals surface area contributed by atoms with Crippen molar-refractivity contribution in [1.82, 2.24) is 9.78 Å². The minimum Gasteiger partial charge on any atom is -0.462 e. The van der Waals surface area contributed by atoms with E-state index in [1.54, 1.807) is 31.2 Å². The van der Waals surface area contributed by atoms with Crippen LogP contribution in [0, 0.1) is 15.9 Å². The Kier molecular flexibility index (Phi) is 5.64. The zero-order valence-electron chi connectivity index (χ0n) is 15.0. The normalized spacial score (nSPS) is 10.5. The highest BCUT2D eigenvalue weighted by Crippen LogP contribution is 2.20. The van der Waals surface area contributed by atoms with Crippen molar-refractivity contribution < 1.29 is 18.8 Å². The standard InChI is InChI=1S/C19H17FN4O4/c1-2-28-19(25)17-12-23(16-5-3-4-14(20)10-16)22-18(17)21-11-13-6-8-15(9-7-13)24(26)27/h3-10,12H,2,11H2,1H3,(H,21,22). The minimum atomic E-state index is -0.559. The fourth-order valence-electron chi connectivity index (χ4n) is 2.53. The average molecular weight is 384 g/mol. The molecule has 0 aliphatic heterocycles. The van der Waals surface area contributed by atoms with Crippen LogP contribution in [0.1, 0.15) is 22.8 Å². The molecule has 0 radical (unpaired) electrons. The lowest BCUT2D eigenvalue weighted by molar-refractivity contribution is -0.384. The molecule has 0 spiro atoms. The molecule has 2 aromatic carbocycles. The summed E-state index contributed by atoms with van der Waals surface area (Å²) in [6, 6.07) is 11.8. The van der Waals surface area contributed by atoms with Crippen LogP contribution in [0.5, 0.6) is 0 Å². The Labute approximate surface area is 159 Å². The van der Waals surface area contributed by atoms with Gasteiger partial charge in [-0.15, -0.1) is 5.10 Å². The van der Waals surface area contributed by atoms with E-state index >= 15 is 0 Å². The van der Waals surface area contributed by atoms with Crippen LogP contribution >= 0.6 is 0 Å². The number of benzene rings is 2. The predicted octanol–water partition coefficient (Wildman–Crippen LogP) is 3.71. The number of anilines is 1. The van der Waals surface area contributed by atoms with Crippen molar-refractivity contribution in [1.29, 1.82) is 0 Å². The second-order valence-electron chi connectivity index (χ2n) is 5.81. The van der Waals surface area contributed by atoms with Gasteiger partial charge in [0.1, 0.15) is 11.4 Å². The SMILES string of the molecule is CCOC(=O)c1cn(-c2cccc(F)c2)nc1NCc1ccc([N+](=O)[O-])cc1. The maximum Gasteiger partial charge on any atom is 0.343 e. The maximum absolute atomic E-state index is 13.5. The van der Waals surface area contributed by atoms with E-state index in [0.717, 1.165) is 5.56 Å². The summed E-state index contributed by atoms with van der Waals surface area (Å²) in [7, 11) is 0. The number of nitrogens with zero attached hydrogens (tertiary/aromatic N) is 3. The van der Waals surface area contributed by atoms with E-state index in [2.05, 4.69) is 10.4 Å². The first-order valence-electron chi connectivity index (χ1n) is 8.48. The van der Waals surface area contributed by atoms with Gasteiger partial charge in [-0.1, -0.05) is 18.2 Å². The highest BCUT2D eigenvalue weighted by Gasteiger charge is 2.18. The monoisotopic (exact) mass is 384 g/mol. The number of non-ortho nitro benzene ring substituents is 1. The molecule has 0 fully saturated rings. The molecule has 0 amide bonds. The molecule has 1 heterocycles. The highest BCUT2D eigenvalue weighted by molar-refractivity contribution is 5.94. The quantitative estimate of drug-likeness (QED) is 0.379. The van der Waals surface area contributed by atoms with Gasteiger partial charge >= 0.3 is 5.97 Å². The van der Waals surface area contributed by atoms with Crippen molar-refractivity contribution in [3.8, 4) is 5.69 Å². The molecule has 0 aliphatic rings. The molecule has 8 nitrogen and oxygen atoms in total. The van der Waals surface area contributed by atoms with Gasteiger partial charge in [0.25, 0.3) is 5.69 Å². The summed E-state index contributed by atoms with van der Waals surface area (Å²) in [5.41, 5.74) is 1.41. The predicted molar refractivity (Wildman–Crippen MR) is 99.9 cm³/mol. The van der Waals surface area contributed by atoms with Gasteiger partial charge in [0.05, 0.1) is 17.2 Å². The Morgan fingerprint density at radius 1 is 1.29 bits per heavy atom. The number of nitro groups is 1. The Hall–Kier alpha value is -3.75. The van der Waals surface area contributed by atoms with Gasteiger partial charge in [-0.25, -0.2) is 13.9 Å². The molecule has 0 saturated carbocycles. The minimum absolute atomic E-state index is 0.00801. The Balaban J connectivity index is 1.85. The Morgan fingerprint density at radius 3 is 2.68 bits per heavy atom. The van der Waals surface area contributed by atoms with Gasteiger partial charge < -0.3 is 10.1 Å². The van der Waals surface area contributed by atoms with Gasteiger partial charge in [-0.2, -0.15) is 0 Å². The molecule has 0 bridgehead atoms. The van der Waals surface area contributed by atoms with Crippen LogP contribution in [-0.4, -0.2) is 27.3 Å². The van der Waals surface area contributed by atoms with E-state index in [9.17, 15) is 19.3 Å². The molecule has 3 rings (SSSR count). The molecule has 3 aromatic rings. The smallest absolute Gasteiger partial charge is 0.343 e. The third kappa shape index (κ3) is 4.32. The zero-order valence-corrected chi connectivity index (χ0v) is 15.0. The molecule has 0 saturated heterocycles. The van der Waals surface area contributed by atoms with Crippen molar-refractivity contribution in [2.75, 3.05) is 11.9 Å². The Bertz CT molecular complexity index is 1000. The molecule has 0 atom stereocenters. The lowest BCUT2D eigenvalue weighted by Crippen LogP contribution is -2.08. The number of nitro benzene ring substituents is 1. The van der Waals surface area contributed by atoms with Crippen molar-refractivity contribution in [2.45, 2.75) is 13.5 Å². The van der Waals surface area contributed by atoms with Gasteiger partial charge in [0.2, 0.25) is 0 Å². The number of carbonyl (C=O) groups is 1. The summed E-state index contributed by atoms with van der Waals surface area (Å²) in [5.74, 6) is -0.719. The number of esters is 1. The molecule has 1 aromatic heterocycles. The molecule has 0 unspecified atom stereocenters. The van der Waals surface area contributed by atoms with E-state index in [-0.39, 0.29) is 30.2 Å². The van der Waals surface area contributed by atoms with Crippen molar-refractivity contribution in [3.05, 3.63) is 81.8 Å². The van der Waals surface area contributed by atoms with Crippen molar-refractivity contribution >= 4 is 17.5 Å². The van der Waals surface area contributed by atoms with E-state index in [1.165, 1.54) is 35.1 Å². The molecule has 28 heavy (non-hydrogen) atoms. The molecule has 9 heteroatoms. The highest BCUT2D eigenvalue weighted by atomic mass is 19.1. The van der Waals surface area contributed by atoms with Gasteiger partial charge in [-0.3, -0.25) is 10.1 Å². The number of rotatable bonds is 7. The average Bonchev–Trinajstić information content (AvgIpc) is 3.11. The molecule has 144 valence electrons. The summed E-state index contributed by atoms with van der Waals surface area (Å²) >= 11 is 0. The fourth-order valence-corrected chi connectivity index (χ4v) is 2.53. The molecule has 0 aliphatic carbocycles. The Morgan fingerprint density at radius 2 is 2.04 bits per heavy atom. The summed E-state index contributed by atoms with van der Waals surface area (Å²) in [5, 5.41) is 18.1. The number of halogens is 1. The van der Waals surface area contributed by atoms with E-state index < -0.39 is 16.7 Å². The number of hydrogen-bond donors (Lipinski definition) is 1. The summed E-state index contributed by atoms with van der Waals surface area (Å²) < 4.78 is 19.9. The number of hydrogen-bond acceptors (Lipinski definition) is 6. The summed E-state index contributed by atoms with van der Waals surface area (Å²) in [6.45, 7) is 2.18. The topological polar surface area (TPSA) is 99.3 Å². The second-order valence-corrected chi connectivity index (χ2v) is 5.81. The first-order valence-corrected chi connectivity index (χ1v) is 8.48. The van der Waals surface area contributed by atoms with Crippen LogP contribution in [0.2, 0.25) is 0 Å². The van der Waals surface area contributed by atoms with Crippen LogP contribution in [0.3, 0.4) is 0 Å². The first kappa shape index (κ1) is 19.0. The molecular weight excluding hydrogens is 367 g/mol. The van der Waals surface area contributed by atoms with E-state index in [1.807, 2.05) is 0 Å². The van der Waals surface area contributed by atoms with Gasteiger partial charge in [-0.05, 0) is 30.7 Å². The number of ether oxygens (including phenoxy) is 1. The van der Waals surface area contributed by atoms with Crippen molar-refractivity contribution in [3.63, 3.8) is 0 Å². The number of carbonyl (C=O) groups excluding carboxylic acids is 1. The largest absolute Gasteiger partial charge is 0.462 e. The van der Waals surface area contributed by atoms with Crippen molar-refractivity contribution in [2.24, 2.45) is 0 Å². The van der Waals surface area contributed by atoms with Crippen LogP contribution in [0.4, 0.5) is 15.9 Å².